The van der Waals surface area contributed by atoms with Crippen LogP contribution < -0.4 is 4.90 Å². The molecule has 0 aliphatic carbocycles. The first-order valence-electron chi connectivity index (χ1n) is 3.33. The Bertz CT molecular complexity index is 371. The number of hydrogen-bond donors (Lipinski definition) is 3. The van der Waals surface area contributed by atoms with Crippen molar-refractivity contribution in [3.05, 3.63) is 11.9 Å². The van der Waals surface area contributed by atoms with Gasteiger partial charge in [0.25, 0.3) is 0 Å². The zero-order chi connectivity index (χ0) is 10.7. The molecule has 0 atom stereocenters. The molecule has 0 saturated carbocycles. The fourth-order valence-corrected chi connectivity index (χ4v) is 0.763. The van der Waals surface area contributed by atoms with E-state index in [0.717, 1.165) is 6.20 Å². The first-order chi connectivity index (χ1) is 6.56. The summed E-state index contributed by atoms with van der Waals surface area (Å²) in [6.45, 7) is 0. The quantitative estimate of drug-likeness (QED) is 0.591. The SMILES string of the molecule is O=Cc1c[nH]c(N(C(=O)O)C(=O)O)n1. The predicted molar refractivity (Wildman–Crippen MR) is 42.5 cm³/mol. The molecule has 0 aliphatic heterocycles. The third kappa shape index (κ3) is 1.68. The van der Waals surface area contributed by atoms with Crippen LogP contribution in [0.2, 0.25) is 0 Å². The van der Waals surface area contributed by atoms with Crippen molar-refractivity contribution in [2.45, 2.75) is 0 Å². The number of aromatic nitrogens is 2. The summed E-state index contributed by atoms with van der Waals surface area (Å²) in [5, 5.41) is 17.0. The number of imide groups is 1. The molecule has 1 heterocycles. The molecule has 1 rings (SSSR count). The Morgan fingerprint density at radius 2 is 2.00 bits per heavy atom. The second-order valence-corrected chi connectivity index (χ2v) is 2.17. The number of carboxylic acid groups (broad SMARTS) is 2. The number of aldehydes is 1. The standard InChI is InChI=1S/C6H5N3O5/c10-2-3-1-7-4(8-3)9(5(11)12)6(13)14/h1-2H,(H,7,8)(H,11,12)(H,13,14). The summed E-state index contributed by atoms with van der Waals surface area (Å²) in [5.41, 5.74) is -0.0764. The fourth-order valence-electron chi connectivity index (χ4n) is 0.763. The minimum atomic E-state index is -1.70. The molecule has 3 N–H and O–H groups in total. The minimum Gasteiger partial charge on any atom is -0.464 e. The van der Waals surface area contributed by atoms with E-state index in [0.29, 0.717) is 6.29 Å². The highest BCUT2D eigenvalue weighted by atomic mass is 16.4. The van der Waals surface area contributed by atoms with Crippen molar-refractivity contribution < 1.29 is 24.6 Å². The van der Waals surface area contributed by atoms with Crippen LogP contribution in [0.4, 0.5) is 15.5 Å². The van der Waals surface area contributed by atoms with Crippen LogP contribution >= 0.6 is 0 Å². The number of amides is 2. The van der Waals surface area contributed by atoms with E-state index in [1.807, 2.05) is 0 Å². The lowest BCUT2D eigenvalue weighted by atomic mass is 10.6. The van der Waals surface area contributed by atoms with Gasteiger partial charge in [0.05, 0.1) is 0 Å². The number of carbonyl (C=O) groups excluding carboxylic acids is 1. The molecule has 0 bridgehead atoms. The molecule has 1 aromatic rings. The molecule has 74 valence electrons. The summed E-state index contributed by atoms with van der Waals surface area (Å²) in [6, 6.07) is 0. The van der Waals surface area contributed by atoms with Crippen molar-refractivity contribution in [3.8, 4) is 0 Å². The number of hydrogen-bond acceptors (Lipinski definition) is 4. The van der Waals surface area contributed by atoms with Crippen LogP contribution in [0.5, 0.6) is 0 Å². The first-order valence-corrected chi connectivity index (χ1v) is 3.33. The Labute approximate surface area is 76.8 Å². The second-order valence-electron chi connectivity index (χ2n) is 2.17. The van der Waals surface area contributed by atoms with Crippen molar-refractivity contribution in [3.63, 3.8) is 0 Å². The van der Waals surface area contributed by atoms with Gasteiger partial charge in [0.2, 0.25) is 5.95 Å². The van der Waals surface area contributed by atoms with Gasteiger partial charge in [0, 0.05) is 6.20 Å². The van der Waals surface area contributed by atoms with Gasteiger partial charge >= 0.3 is 12.2 Å². The molecular weight excluding hydrogens is 194 g/mol. The number of H-pyrrole nitrogens is 1. The maximum atomic E-state index is 10.4. The largest absolute Gasteiger partial charge is 0.464 e. The van der Waals surface area contributed by atoms with Gasteiger partial charge in [-0.05, 0) is 0 Å². The fraction of sp³-hybridized carbons (Fsp3) is 0. The van der Waals surface area contributed by atoms with E-state index in [2.05, 4.69) is 9.97 Å². The molecule has 14 heavy (non-hydrogen) atoms. The summed E-state index contributed by atoms with van der Waals surface area (Å²) in [7, 11) is 0. The Morgan fingerprint density at radius 3 is 2.36 bits per heavy atom. The first kappa shape index (κ1) is 9.71. The van der Waals surface area contributed by atoms with Crippen LogP contribution in [-0.4, -0.2) is 38.7 Å². The van der Waals surface area contributed by atoms with Gasteiger partial charge in [-0.3, -0.25) is 4.79 Å². The van der Waals surface area contributed by atoms with Gasteiger partial charge in [-0.1, -0.05) is 0 Å². The van der Waals surface area contributed by atoms with Crippen LogP contribution in [0.25, 0.3) is 0 Å². The highest BCUT2D eigenvalue weighted by Gasteiger charge is 2.24. The molecule has 0 fully saturated rings. The second kappa shape index (κ2) is 3.56. The van der Waals surface area contributed by atoms with Crippen LogP contribution in [0, 0.1) is 0 Å². The molecular formula is C6H5N3O5. The molecule has 0 aliphatic rings. The lowest BCUT2D eigenvalue weighted by molar-refractivity contribution is 0.111. The molecule has 8 nitrogen and oxygen atoms in total. The van der Waals surface area contributed by atoms with E-state index >= 15 is 0 Å². The van der Waals surface area contributed by atoms with Gasteiger partial charge in [-0.2, -0.15) is 0 Å². The average molecular weight is 199 g/mol. The van der Waals surface area contributed by atoms with Crippen LogP contribution in [0.3, 0.4) is 0 Å². The number of rotatable bonds is 2. The summed E-state index contributed by atoms with van der Waals surface area (Å²) >= 11 is 0. The number of nitrogens with one attached hydrogen (secondary N) is 1. The van der Waals surface area contributed by atoms with E-state index in [1.54, 1.807) is 0 Å². The molecule has 0 radical (unpaired) electrons. The maximum Gasteiger partial charge on any atom is 0.424 e. The third-order valence-corrected chi connectivity index (χ3v) is 1.30. The van der Waals surface area contributed by atoms with Crippen LogP contribution in [0.1, 0.15) is 10.5 Å². The monoisotopic (exact) mass is 199 g/mol. The number of nitrogens with zero attached hydrogens (tertiary/aromatic N) is 2. The molecule has 8 heteroatoms. The Kier molecular flexibility index (Phi) is 2.47. The van der Waals surface area contributed by atoms with Gasteiger partial charge in [0.1, 0.15) is 5.69 Å². The molecule has 1 aromatic heterocycles. The van der Waals surface area contributed by atoms with Gasteiger partial charge < -0.3 is 15.2 Å². The number of aromatic amines is 1. The van der Waals surface area contributed by atoms with Crippen molar-refractivity contribution in [1.82, 2.24) is 9.97 Å². The Morgan fingerprint density at radius 1 is 1.43 bits per heavy atom. The van der Waals surface area contributed by atoms with Crippen LogP contribution in [0.15, 0.2) is 6.20 Å². The summed E-state index contributed by atoms with van der Waals surface area (Å²) in [4.78, 5) is 36.7. The molecule has 0 spiro atoms. The zero-order valence-electron chi connectivity index (χ0n) is 6.67. The lowest BCUT2D eigenvalue weighted by Gasteiger charge is -2.08. The summed E-state index contributed by atoms with van der Waals surface area (Å²) in [6.07, 6.45) is -1.95. The highest BCUT2D eigenvalue weighted by molar-refractivity contribution is 6.06. The predicted octanol–water partition coefficient (Wildman–Crippen LogP) is 0.385. The molecule has 0 unspecified atom stereocenters. The minimum absolute atomic E-state index is 0.0347. The Balaban J connectivity index is 3.05. The normalized spacial score (nSPS) is 9.43. The van der Waals surface area contributed by atoms with Crippen molar-refractivity contribution in [1.29, 1.82) is 0 Å². The van der Waals surface area contributed by atoms with Gasteiger partial charge in [0.15, 0.2) is 6.29 Å². The lowest BCUT2D eigenvalue weighted by Crippen LogP contribution is -2.35. The zero-order valence-corrected chi connectivity index (χ0v) is 6.67. The van der Waals surface area contributed by atoms with Gasteiger partial charge in [-0.15, -0.1) is 4.90 Å². The van der Waals surface area contributed by atoms with E-state index in [-0.39, 0.29) is 10.6 Å². The van der Waals surface area contributed by atoms with E-state index in [1.165, 1.54) is 0 Å². The van der Waals surface area contributed by atoms with Crippen molar-refractivity contribution >= 4 is 24.4 Å². The summed E-state index contributed by atoms with van der Waals surface area (Å²) < 4.78 is 0. The Hall–Kier alpha value is -2.38. The van der Waals surface area contributed by atoms with E-state index in [9.17, 15) is 14.4 Å². The number of anilines is 1. The van der Waals surface area contributed by atoms with E-state index in [4.69, 9.17) is 10.2 Å². The van der Waals surface area contributed by atoms with Crippen molar-refractivity contribution in [2.75, 3.05) is 4.90 Å². The highest BCUT2D eigenvalue weighted by Crippen LogP contribution is 2.08. The molecule has 2 amide bonds. The van der Waals surface area contributed by atoms with Crippen LogP contribution in [-0.2, 0) is 0 Å². The molecule has 0 aromatic carbocycles. The topological polar surface area (TPSA) is 124 Å². The number of carbonyl (C=O) groups is 3. The average Bonchev–Trinajstić information content (AvgIpc) is 2.51. The smallest absolute Gasteiger partial charge is 0.424 e. The third-order valence-electron chi connectivity index (χ3n) is 1.30. The van der Waals surface area contributed by atoms with E-state index < -0.39 is 18.1 Å². The number of imidazole rings is 1. The summed E-state index contributed by atoms with van der Waals surface area (Å²) in [5.74, 6) is -0.438. The van der Waals surface area contributed by atoms with Crippen molar-refractivity contribution in [2.24, 2.45) is 0 Å². The molecule has 0 saturated heterocycles. The van der Waals surface area contributed by atoms with Gasteiger partial charge in [-0.25, -0.2) is 14.6 Å². The maximum absolute atomic E-state index is 10.4.